The zero-order valence-electron chi connectivity index (χ0n) is 29.0. The van der Waals surface area contributed by atoms with Gasteiger partial charge in [-0.25, -0.2) is 0 Å². The van der Waals surface area contributed by atoms with Crippen molar-refractivity contribution >= 4 is 29.3 Å². The molecule has 260 valence electrons. The number of carbonyl (C=O) groups is 1. The summed E-state index contributed by atoms with van der Waals surface area (Å²) in [6.07, 6.45) is 19.1. The minimum Gasteiger partial charge on any atom is -0.756 e. The van der Waals surface area contributed by atoms with Gasteiger partial charge in [0.15, 0.2) is 0 Å². The Balaban J connectivity index is 1.92. The number of rotatable bonds is 22. The van der Waals surface area contributed by atoms with E-state index in [0.29, 0.717) is 26.2 Å². The van der Waals surface area contributed by atoms with Crippen LogP contribution < -0.4 is 4.89 Å². The Morgan fingerprint density at radius 2 is 1.38 bits per heavy atom. The molecule has 0 spiro atoms. The van der Waals surface area contributed by atoms with Gasteiger partial charge >= 0.3 is 11.0 Å². The highest BCUT2D eigenvalue weighted by Gasteiger charge is 2.66. The molecule has 0 amide bonds. The highest BCUT2D eigenvalue weighted by atomic mass is 32.2. The number of hydrogen-bond acceptors (Lipinski definition) is 6. The van der Waals surface area contributed by atoms with Gasteiger partial charge in [-0.2, -0.15) is 0 Å². The minimum absolute atomic E-state index is 0.217. The summed E-state index contributed by atoms with van der Waals surface area (Å²) in [5, 5.41) is -1.01. The normalized spacial score (nSPS) is 22.2. The van der Waals surface area contributed by atoms with E-state index in [-0.39, 0.29) is 16.0 Å². The fourth-order valence-corrected chi connectivity index (χ4v) is 11.4. The number of hydrogen-bond donors (Lipinski definition) is 1. The van der Waals surface area contributed by atoms with E-state index in [0.717, 1.165) is 18.4 Å². The van der Waals surface area contributed by atoms with Crippen molar-refractivity contribution < 1.29 is 37.6 Å². The zero-order chi connectivity index (χ0) is 33.4. The number of phosphoric ester groups is 1. The topological polar surface area (TPSA) is 105 Å². The summed E-state index contributed by atoms with van der Waals surface area (Å²) in [7, 11) is -2.19. The molecule has 1 aromatic rings. The Hall–Kier alpha value is -1.06. The Morgan fingerprint density at radius 1 is 0.889 bits per heavy atom. The van der Waals surface area contributed by atoms with Crippen molar-refractivity contribution in [3.8, 4) is 0 Å². The summed E-state index contributed by atoms with van der Waals surface area (Å²) in [5.41, 5.74) is 0.757. The second kappa shape index (κ2) is 19.7. The van der Waals surface area contributed by atoms with E-state index in [1.807, 2.05) is 58.3 Å². The van der Waals surface area contributed by atoms with Crippen molar-refractivity contribution in [1.82, 2.24) is 0 Å². The van der Waals surface area contributed by atoms with Gasteiger partial charge in [-0.1, -0.05) is 109 Å². The molecule has 3 unspecified atom stereocenters. The summed E-state index contributed by atoms with van der Waals surface area (Å²) in [4.78, 5) is 34.6. The monoisotopic (exact) mass is 671 g/mol. The van der Waals surface area contributed by atoms with Crippen molar-refractivity contribution in [2.45, 2.75) is 140 Å². The summed E-state index contributed by atoms with van der Waals surface area (Å²) in [6.45, 7) is 9.40. The first-order chi connectivity index (χ1) is 21.3. The second-order valence-corrected chi connectivity index (χ2v) is 17.5. The number of esters is 1. The summed E-state index contributed by atoms with van der Waals surface area (Å²) >= 11 is 0. The lowest BCUT2D eigenvalue weighted by atomic mass is 10.0. The second-order valence-electron chi connectivity index (χ2n) is 13.7. The minimum atomic E-state index is -5.12. The molecule has 1 fully saturated rings. The molecule has 1 aliphatic rings. The van der Waals surface area contributed by atoms with Crippen LogP contribution in [0.15, 0.2) is 30.3 Å². The van der Waals surface area contributed by atoms with E-state index >= 15 is 0 Å². The predicted octanol–water partition coefficient (Wildman–Crippen LogP) is 8.38. The summed E-state index contributed by atoms with van der Waals surface area (Å²) in [5.74, 6) is -0.467. The molecule has 1 N–H and O–H groups in total. The molecule has 1 saturated heterocycles. The Morgan fingerprint density at radius 3 is 1.87 bits per heavy atom. The molecule has 8 nitrogen and oxygen atoms in total. The van der Waals surface area contributed by atoms with Crippen LogP contribution in [-0.4, -0.2) is 59.0 Å². The standard InChI is InChI=1S/C35H62NO7PS/c1-7-8-9-10-11-12-13-14-15-16-17-18-19-23-28-41-29-24-27-33(43-44(38,39)40)45-34(3,4)30-36(5,6)35(45,42-31(2)37)32-25-21-20-22-26-32/h20-22,25-26H,7-19,23-24,27-30H2,1-6H3,(H-,38,39,40). The van der Waals surface area contributed by atoms with Gasteiger partial charge in [0, 0.05) is 26.6 Å². The van der Waals surface area contributed by atoms with Gasteiger partial charge in [-0.3, -0.25) is 18.4 Å². The first-order valence-electron chi connectivity index (χ1n) is 17.3. The molecule has 1 aliphatic heterocycles. The van der Waals surface area contributed by atoms with Crippen molar-refractivity contribution in [1.29, 1.82) is 0 Å². The van der Waals surface area contributed by atoms with Crippen LogP contribution in [0.4, 0.5) is 0 Å². The van der Waals surface area contributed by atoms with Gasteiger partial charge in [-0.15, -0.1) is 0 Å². The summed E-state index contributed by atoms with van der Waals surface area (Å²) in [6, 6.07) is 9.45. The van der Waals surface area contributed by atoms with Gasteiger partial charge in [0.2, 0.25) is 0 Å². The largest absolute Gasteiger partial charge is 0.756 e. The van der Waals surface area contributed by atoms with E-state index in [9.17, 15) is 19.1 Å². The van der Waals surface area contributed by atoms with Crippen LogP contribution in [0.25, 0.3) is 0 Å². The van der Waals surface area contributed by atoms with Crippen LogP contribution in [-0.2, 0) is 28.4 Å². The number of phosphoric acid groups is 1. The van der Waals surface area contributed by atoms with Crippen molar-refractivity contribution in [3.63, 3.8) is 0 Å². The van der Waals surface area contributed by atoms with Gasteiger partial charge in [0.1, 0.15) is 0 Å². The van der Waals surface area contributed by atoms with Crippen LogP contribution in [0.5, 0.6) is 0 Å². The van der Waals surface area contributed by atoms with E-state index in [1.165, 1.54) is 84.0 Å². The highest BCUT2D eigenvalue weighted by Crippen LogP contribution is 2.63. The quantitative estimate of drug-likeness (QED) is 0.0434. The average molecular weight is 672 g/mol. The third-order valence-electron chi connectivity index (χ3n) is 8.58. The summed E-state index contributed by atoms with van der Waals surface area (Å²) < 4.78 is 29.4. The first kappa shape index (κ1) is 40.1. The SMILES string of the molecule is CCCCCCCCCCCCCCCCOCCCC(OP(=O)([O-])O)=S1C(C)(C)C[N+](C)(C)C1(OC(C)=O)c1ccccc1. The van der Waals surface area contributed by atoms with Gasteiger partial charge in [-0.05, 0) is 49.3 Å². The molecule has 45 heavy (non-hydrogen) atoms. The molecule has 0 aromatic heterocycles. The van der Waals surface area contributed by atoms with Gasteiger partial charge in [0.25, 0.3) is 7.82 Å². The van der Waals surface area contributed by atoms with Crippen LogP contribution in [0.3, 0.4) is 0 Å². The highest BCUT2D eigenvalue weighted by molar-refractivity contribution is 8.17. The maximum absolute atomic E-state index is 12.6. The lowest BCUT2D eigenvalue weighted by Crippen LogP contribution is -2.55. The maximum atomic E-state index is 12.6. The van der Waals surface area contributed by atoms with E-state index < -0.39 is 34.1 Å². The number of carbonyl (C=O) groups excluding carboxylic acids is 1. The average Bonchev–Trinajstić information content (AvgIpc) is 3.11. The van der Waals surface area contributed by atoms with Crippen molar-refractivity contribution in [2.75, 3.05) is 33.9 Å². The molecular formula is C35H62NO7PS. The van der Waals surface area contributed by atoms with E-state index in [2.05, 4.69) is 6.92 Å². The fraction of sp³-hybridized carbons (Fsp3) is 0.771. The molecule has 0 aliphatic carbocycles. The molecular weight excluding hydrogens is 609 g/mol. The molecule has 1 aromatic carbocycles. The Kier molecular flexibility index (Phi) is 17.6. The van der Waals surface area contributed by atoms with Crippen molar-refractivity contribution in [2.24, 2.45) is 0 Å². The molecule has 0 saturated carbocycles. The number of quaternary nitrogens is 1. The van der Waals surface area contributed by atoms with Gasteiger partial charge in [0.05, 0.1) is 36.0 Å². The fourth-order valence-electron chi connectivity index (χ4n) is 6.87. The van der Waals surface area contributed by atoms with E-state index in [1.54, 1.807) is 0 Å². The lowest BCUT2D eigenvalue weighted by molar-refractivity contribution is -0.949. The van der Waals surface area contributed by atoms with E-state index in [4.69, 9.17) is 14.0 Å². The maximum Gasteiger partial charge on any atom is 0.319 e. The Bertz CT molecular complexity index is 1090. The smallest absolute Gasteiger partial charge is 0.319 e. The lowest BCUT2D eigenvalue weighted by Gasteiger charge is -2.43. The third-order valence-corrected chi connectivity index (χ3v) is 12.5. The first-order valence-corrected chi connectivity index (χ1v) is 20.0. The van der Waals surface area contributed by atoms with Crippen LogP contribution in [0.1, 0.15) is 136 Å². The number of unbranched alkanes of at least 4 members (excludes halogenated alkanes) is 13. The molecule has 0 radical (unpaired) electrons. The number of ether oxygens (including phenoxy) is 2. The van der Waals surface area contributed by atoms with Crippen molar-refractivity contribution in [3.05, 3.63) is 35.9 Å². The predicted molar refractivity (Wildman–Crippen MR) is 185 cm³/mol. The van der Waals surface area contributed by atoms with Crippen LogP contribution in [0, 0.1) is 0 Å². The van der Waals surface area contributed by atoms with Crippen LogP contribution in [0.2, 0.25) is 0 Å². The molecule has 1 heterocycles. The van der Waals surface area contributed by atoms with Crippen LogP contribution >= 0.6 is 18.3 Å². The number of benzene rings is 1. The molecule has 10 heteroatoms. The molecule has 3 atom stereocenters. The molecule has 0 bridgehead atoms. The van der Waals surface area contributed by atoms with Gasteiger partial charge < -0.3 is 19.3 Å². The third kappa shape index (κ3) is 13.2. The molecule has 2 rings (SSSR count). The Labute approximate surface area is 276 Å². The zero-order valence-corrected chi connectivity index (χ0v) is 30.7. The number of nitrogens with zero attached hydrogens (tertiary/aromatic N) is 1.